The number of carbonyl (C=O) groups excluding carboxylic acids is 1. The standard InChI is InChI=1S/C25H32N4O4S/c1-33-22-9-5-6-20(18-22)24(30)27-15-14-19-10-12-23(13-11-19)34(31,32)29-17-16-28(25(29)26)21-7-3-2-4-8-21/h5-6,9-13,18,21,26H,2-4,7-8,14-17H2,1H3,(H,27,30). The zero-order valence-corrected chi connectivity index (χ0v) is 20.3. The molecule has 1 heterocycles. The summed E-state index contributed by atoms with van der Waals surface area (Å²) in [6.07, 6.45) is 6.13. The Labute approximate surface area is 201 Å². The summed E-state index contributed by atoms with van der Waals surface area (Å²) < 4.78 is 32.8. The zero-order chi connectivity index (χ0) is 24.1. The molecule has 8 nitrogen and oxygen atoms in total. The van der Waals surface area contributed by atoms with Gasteiger partial charge in [-0.15, -0.1) is 0 Å². The van der Waals surface area contributed by atoms with Gasteiger partial charge in [0.2, 0.25) is 5.96 Å². The predicted molar refractivity (Wildman–Crippen MR) is 131 cm³/mol. The summed E-state index contributed by atoms with van der Waals surface area (Å²) in [6.45, 7) is 1.32. The van der Waals surface area contributed by atoms with Crippen molar-refractivity contribution >= 4 is 21.9 Å². The largest absolute Gasteiger partial charge is 0.497 e. The topological polar surface area (TPSA) is 103 Å². The number of nitrogens with one attached hydrogen (secondary N) is 2. The highest BCUT2D eigenvalue weighted by Crippen LogP contribution is 2.28. The monoisotopic (exact) mass is 484 g/mol. The molecule has 1 aliphatic carbocycles. The van der Waals surface area contributed by atoms with Gasteiger partial charge in [-0.25, -0.2) is 12.7 Å². The second-order valence-corrected chi connectivity index (χ2v) is 10.6. The van der Waals surface area contributed by atoms with E-state index in [9.17, 15) is 13.2 Å². The average Bonchev–Trinajstić information content (AvgIpc) is 3.27. The summed E-state index contributed by atoms with van der Waals surface area (Å²) in [5.41, 5.74) is 1.45. The lowest BCUT2D eigenvalue weighted by atomic mass is 9.94. The minimum absolute atomic E-state index is 0.0937. The molecule has 1 amide bonds. The first-order valence-corrected chi connectivity index (χ1v) is 13.2. The smallest absolute Gasteiger partial charge is 0.266 e. The van der Waals surface area contributed by atoms with E-state index in [1.807, 2.05) is 4.90 Å². The number of carbonyl (C=O) groups is 1. The van der Waals surface area contributed by atoms with Crippen LogP contribution in [0.25, 0.3) is 0 Å². The van der Waals surface area contributed by atoms with E-state index < -0.39 is 10.0 Å². The fourth-order valence-corrected chi connectivity index (χ4v) is 6.07. The highest BCUT2D eigenvalue weighted by atomic mass is 32.2. The van der Waals surface area contributed by atoms with Crippen molar-refractivity contribution in [1.29, 1.82) is 5.41 Å². The second kappa shape index (κ2) is 10.5. The quantitative estimate of drug-likeness (QED) is 0.599. The fourth-order valence-electron chi connectivity index (χ4n) is 4.68. The van der Waals surface area contributed by atoms with Crippen molar-refractivity contribution in [2.24, 2.45) is 0 Å². The van der Waals surface area contributed by atoms with E-state index in [-0.39, 0.29) is 22.8 Å². The summed E-state index contributed by atoms with van der Waals surface area (Å²) in [6, 6.07) is 13.9. The molecule has 2 aliphatic rings. The molecule has 0 aromatic heterocycles. The Morgan fingerprint density at radius 1 is 1.09 bits per heavy atom. The molecule has 0 bridgehead atoms. The molecule has 9 heteroatoms. The first kappa shape index (κ1) is 24.1. The third-order valence-electron chi connectivity index (χ3n) is 6.61. The van der Waals surface area contributed by atoms with Gasteiger partial charge < -0.3 is 15.0 Å². The number of nitrogens with zero attached hydrogens (tertiary/aromatic N) is 2. The number of methoxy groups -OCH3 is 1. The van der Waals surface area contributed by atoms with Crippen molar-refractivity contribution in [3.8, 4) is 5.75 Å². The van der Waals surface area contributed by atoms with Crippen LogP contribution in [-0.4, -0.2) is 62.3 Å². The number of hydrogen-bond donors (Lipinski definition) is 2. The van der Waals surface area contributed by atoms with Crippen LogP contribution in [0.3, 0.4) is 0 Å². The zero-order valence-electron chi connectivity index (χ0n) is 19.5. The normalized spacial score (nSPS) is 17.1. The number of guanidine groups is 1. The molecular formula is C25H32N4O4S. The summed E-state index contributed by atoms with van der Waals surface area (Å²) in [4.78, 5) is 14.5. The lowest BCUT2D eigenvalue weighted by Crippen LogP contribution is -2.42. The van der Waals surface area contributed by atoms with E-state index in [1.165, 1.54) is 10.7 Å². The molecular weight excluding hydrogens is 452 g/mol. The third kappa shape index (κ3) is 5.19. The van der Waals surface area contributed by atoms with Crippen LogP contribution < -0.4 is 10.1 Å². The molecule has 34 heavy (non-hydrogen) atoms. The number of benzene rings is 2. The van der Waals surface area contributed by atoms with Gasteiger partial charge in [0.25, 0.3) is 15.9 Å². The molecule has 182 valence electrons. The van der Waals surface area contributed by atoms with Crippen molar-refractivity contribution in [1.82, 2.24) is 14.5 Å². The lowest BCUT2D eigenvalue weighted by molar-refractivity contribution is 0.0953. The Morgan fingerprint density at radius 3 is 2.53 bits per heavy atom. The number of ether oxygens (including phenoxy) is 1. The average molecular weight is 485 g/mol. The molecule has 2 aromatic carbocycles. The minimum Gasteiger partial charge on any atom is -0.497 e. The van der Waals surface area contributed by atoms with Gasteiger partial charge >= 0.3 is 0 Å². The van der Waals surface area contributed by atoms with Crippen molar-refractivity contribution in [3.63, 3.8) is 0 Å². The van der Waals surface area contributed by atoms with E-state index in [4.69, 9.17) is 10.1 Å². The lowest BCUT2D eigenvalue weighted by Gasteiger charge is -2.32. The maximum atomic E-state index is 13.2. The maximum absolute atomic E-state index is 13.2. The van der Waals surface area contributed by atoms with Crippen LogP contribution in [0.1, 0.15) is 48.0 Å². The van der Waals surface area contributed by atoms with Crippen molar-refractivity contribution in [2.75, 3.05) is 26.7 Å². The van der Waals surface area contributed by atoms with Gasteiger partial charge in [-0.1, -0.05) is 37.5 Å². The number of hydrogen-bond acceptors (Lipinski definition) is 5. The Hall–Kier alpha value is -3.07. The Morgan fingerprint density at radius 2 is 1.82 bits per heavy atom. The molecule has 0 atom stereocenters. The van der Waals surface area contributed by atoms with E-state index >= 15 is 0 Å². The van der Waals surface area contributed by atoms with Crippen LogP contribution in [0.15, 0.2) is 53.4 Å². The molecule has 0 radical (unpaired) electrons. The van der Waals surface area contributed by atoms with Crippen molar-refractivity contribution in [2.45, 2.75) is 49.5 Å². The van der Waals surface area contributed by atoms with Gasteiger partial charge in [0.05, 0.1) is 18.6 Å². The highest BCUT2D eigenvalue weighted by Gasteiger charge is 2.38. The van der Waals surface area contributed by atoms with Gasteiger partial charge in [-0.05, 0) is 55.2 Å². The van der Waals surface area contributed by atoms with Gasteiger partial charge in [0, 0.05) is 24.7 Å². The van der Waals surface area contributed by atoms with Crippen LogP contribution in [0.2, 0.25) is 0 Å². The van der Waals surface area contributed by atoms with Gasteiger partial charge in [0.15, 0.2) is 0 Å². The highest BCUT2D eigenvalue weighted by molar-refractivity contribution is 7.89. The van der Waals surface area contributed by atoms with E-state index in [1.54, 1.807) is 55.6 Å². The molecule has 1 saturated heterocycles. The summed E-state index contributed by atoms with van der Waals surface area (Å²) >= 11 is 0. The molecule has 4 rings (SSSR count). The van der Waals surface area contributed by atoms with Gasteiger partial charge in [0.1, 0.15) is 5.75 Å². The molecule has 1 aliphatic heterocycles. The van der Waals surface area contributed by atoms with Crippen LogP contribution in [0.5, 0.6) is 5.75 Å². The predicted octanol–water partition coefficient (Wildman–Crippen LogP) is 3.24. The summed E-state index contributed by atoms with van der Waals surface area (Å²) in [5.74, 6) is 0.529. The molecule has 2 N–H and O–H groups in total. The van der Waals surface area contributed by atoms with Crippen molar-refractivity contribution in [3.05, 3.63) is 59.7 Å². The van der Waals surface area contributed by atoms with E-state index in [0.29, 0.717) is 37.4 Å². The fraction of sp³-hybridized carbons (Fsp3) is 0.440. The second-order valence-electron chi connectivity index (χ2n) is 8.77. The molecule has 1 saturated carbocycles. The minimum atomic E-state index is -3.77. The number of amides is 1. The Kier molecular flexibility index (Phi) is 7.41. The summed E-state index contributed by atoms with van der Waals surface area (Å²) in [5, 5.41) is 11.4. The molecule has 2 fully saturated rings. The number of rotatable bonds is 8. The number of sulfonamides is 1. The first-order chi connectivity index (χ1) is 16.4. The van der Waals surface area contributed by atoms with E-state index in [0.717, 1.165) is 31.2 Å². The first-order valence-electron chi connectivity index (χ1n) is 11.8. The summed E-state index contributed by atoms with van der Waals surface area (Å²) in [7, 11) is -2.21. The van der Waals surface area contributed by atoms with Crippen molar-refractivity contribution < 1.29 is 17.9 Å². The van der Waals surface area contributed by atoms with Gasteiger partial charge in [-0.3, -0.25) is 10.2 Å². The van der Waals surface area contributed by atoms with E-state index in [2.05, 4.69) is 5.32 Å². The third-order valence-corrected chi connectivity index (χ3v) is 8.41. The van der Waals surface area contributed by atoms with Crippen LogP contribution in [0.4, 0.5) is 0 Å². The van der Waals surface area contributed by atoms with Crippen LogP contribution >= 0.6 is 0 Å². The SMILES string of the molecule is COc1cccc(C(=O)NCCc2ccc(S(=O)(=O)N3CCN(C4CCCCC4)C3=N)cc2)c1. The Bertz CT molecular complexity index is 1130. The van der Waals surface area contributed by atoms with Crippen LogP contribution in [0, 0.1) is 5.41 Å². The maximum Gasteiger partial charge on any atom is 0.266 e. The van der Waals surface area contributed by atoms with Crippen LogP contribution in [-0.2, 0) is 16.4 Å². The molecule has 0 unspecified atom stereocenters. The van der Waals surface area contributed by atoms with Gasteiger partial charge in [-0.2, -0.15) is 0 Å². The molecule has 0 spiro atoms. The molecule has 2 aromatic rings. The Balaban J connectivity index is 1.33.